The Labute approximate surface area is 215 Å². The van der Waals surface area contributed by atoms with Gasteiger partial charge in [-0.15, -0.1) is 0 Å². The van der Waals surface area contributed by atoms with Crippen molar-refractivity contribution in [2.24, 2.45) is 0 Å². The van der Waals surface area contributed by atoms with Crippen molar-refractivity contribution >= 4 is 11.7 Å². The lowest BCUT2D eigenvalue weighted by Crippen LogP contribution is -2.42. The maximum atomic E-state index is 13.0. The van der Waals surface area contributed by atoms with Gasteiger partial charge in [0.15, 0.2) is 17.3 Å². The number of carbonyl (C=O) groups is 2. The Bertz CT molecular complexity index is 1210. The maximum Gasteiger partial charge on any atom is 0.220 e. The zero-order chi connectivity index (χ0) is 26.2. The number of nitrogens with one attached hydrogen (secondary N) is 1. The minimum absolute atomic E-state index is 0.0391. The predicted octanol–water partition coefficient (Wildman–Crippen LogP) is 4.15. The molecule has 4 rings (SSSR count). The van der Waals surface area contributed by atoms with Crippen LogP contribution in [0.25, 0.3) is 0 Å². The van der Waals surface area contributed by atoms with Crippen molar-refractivity contribution in [3.63, 3.8) is 0 Å². The van der Waals surface area contributed by atoms with E-state index in [1.807, 2.05) is 17.7 Å². The Morgan fingerprint density at radius 1 is 1.05 bits per heavy atom. The molecule has 2 heterocycles. The number of nitrogens with zero attached hydrogens (tertiary/aromatic N) is 2. The Balaban J connectivity index is 1.31. The molecule has 0 spiro atoms. The molecule has 1 aliphatic rings. The lowest BCUT2D eigenvalue weighted by Gasteiger charge is -2.27. The van der Waals surface area contributed by atoms with Gasteiger partial charge in [0.1, 0.15) is 31.0 Å². The molecule has 196 valence electrons. The summed E-state index contributed by atoms with van der Waals surface area (Å²) in [4.78, 5) is 29.2. The number of hydrogen-bond donors (Lipinski definition) is 2. The number of imidazole rings is 1. The van der Waals surface area contributed by atoms with Crippen LogP contribution in [0.1, 0.15) is 60.0 Å². The summed E-state index contributed by atoms with van der Waals surface area (Å²) in [6.45, 7) is 3.13. The number of aliphatic hydroxyl groups is 1. The number of unbranched alkanes of at least 4 members (excludes halogenated alkanes) is 2. The smallest absolute Gasteiger partial charge is 0.220 e. The fourth-order valence-electron chi connectivity index (χ4n) is 4.32. The van der Waals surface area contributed by atoms with E-state index in [1.165, 1.54) is 24.3 Å². The molecule has 37 heavy (non-hydrogen) atoms. The number of aryl methyl sites for hydroxylation is 1. The summed E-state index contributed by atoms with van der Waals surface area (Å²) in [7, 11) is 0. The number of Topliss-reactive ketones (excluding diaryl/α,β-unsaturated/α-hetero) is 1. The highest BCUT2D eigenvalue weighted by atomic mass is 19.1. The van der Waals surface area contributed by atoms with Crippen LogP contribution in [0.3, 0.4) is 0 Å². The minimum atomic E-state index is -0.977. The number of rotatable bonds is 12. The number of carbonyl (C=O) groups excluding carboxylic acids is 2. The molecule has 1 amide bonds. The van der Waals surface area contributed by atoms with E-state index in [1.54, 1.807) is 24.4 Å². The zero-order valence-corrected chi connectivity index (χ0v) is 20.9. The third kappa shape index (κ3) is 7.16. The highest BCUT2D eigenvalue weighted by Gasteiger charge is 2.25. The number of aliphatic hydroxyl groups excluding tert-OH is 1. The van der Waals surface area contributed by atoms with Gasteiger partial charge in [-0.3, -0.25) is 9.59 Å². The van der Waals surface area contributed by atoms with Crippen LogP contribution >= 0.6 is 0 Å². The maximum absolute atomic E-state index is 13.0. The first-order chi connectivity index (χ1) is 17.9. The van der Waals surface area contributed by atoms with Crippen LogP contribution < -0.4 is 14.8 Å². The van der Waals surface area contributed by atoms with E-state index in [-0.39, 0.29) is 23.9 Å². The molecular formula is C28H32FN3O5. The number of halogens is 1. The lowest BCUT2D eigenvalue weighted by molar-refractivity contribution is -0.123. The normalized spacial score (nSPS) is 14.1. The van der Waals surface area contributed by atoms with Gasteiger partial charge in [-0.25, -0.2) is 9.37 Å². The third-order valence-corrected chi connectivity index (χ3v) is 6.43. The van der Waals surface area contributed by atoms with Crippen molar-refractivity contribution < 1.29 is 28.6 Å². The van der Waals surface area contributed by atoms with Crippen LogP contribution in [0.4, 0.5) is 4.39 Å². The molecule has 2 atom stereocenters. The third-order valence-electron chi connectivity index (χ3n) is 6.43. The van der Waals surface area contributed by atoms with Gasteiger partial charge in [0.25, 0.3) is 0 Å². The number of ether oxygens (including phenoxy) is 2. The van der Waals surface area contributed by atoms with E-state index in [0.717, 1.165) is 5.82 Å². The minimum Gasteiger partial charge on any atom is -0.486 e. The first kappa shape index (κ1) is 26.3. The SMILES string of the molecule is Cc1nccn1C[C@@H](NC(=O)CCCCCC(=O)c1ccc(F)cc1)[C@@H](O)c1ccc2c(c1)OCCO2. The van der Waals surface area contributed by atoms with E-state index in [2.05, 4.69) is 10.3 Å². The molecule has 0 bridgehead atoms. The van der Waals surface area contributed by atoms with Gasteiger partial charge < -0.3 is 24.5 Å². The second-order valence-corrected chi connectivity index (χ2v) is 9.14. The molecule has 3 aromatic rings. The van der Waals surface area contributed by atoms with Gasteiger partial charge >= 0.3 is 0 Å². The second-order valence-electron chi connectivity index (χ2n) is 9.14. The average Bonchev–Trinajstić information content (AvgIpc) is 3.31. The second kappa shape index (κ2) is 12.5. The Morgan fingerprint density at radius 3 is 2.51 bits per heavy atom. The largest absolute Gasteiger partial charge is 0.486 e. The summed E-state index contributed by atoms with van der Waals surface area (Å²) in [5.41, 5.74) is 1.11. The Kier molecular flexibility index (Phi) is 8.90. The monoisotopic (exact) mass is 509 g/mol. The summed E-state index contributed by atoms with van der Waals surface area (Å²) in [5, 5.41) is 14.2. The van der Waals surface area contributed by atoms with Gasteiger partial charge in [0, 0.05) is 37.3 Å². The van der Waals surface area contributed by atoms with Crippen LogP contribution in [0.5, 0.6) is 11.5 Å². The fourth-order valence-corrected chi connectivity index (χ4v) is 4.32. The number of amides is 1. The Hall–Kier alpha value is -3.72. The van der Waals surface area contributed by atoms with E-state index >= 15 is 0 Å². The van der Waals surface area contributed by atoms with Crippen molar-refractivity contribution in [1.29, 1.82) is 0 Å². The van der Waals surface area contributed by atoms with Crippen LogP contribution in [0, 0.1) is 12.7 Å². The highest BCUT2D eigenvalue weighted by molar-refractivity contribution is 5.95. The molecular weight excluding hydrogens is 477 g/mol. The quantitative estimate of drug-likeness (QED) is 0.281. The molecule has 0 saturated heterocycles. The van der Waals surface area contributed by atoms with Crippen LogP contribution in [-0.4, -0.2) is 45.6 Å². The Morgan fingerprint density at radius 2 is 1.78 bits per heavy atom. The molecule has 1 aliphatic heterocycles. The highest BCUT2D eigenvalue weighted by Crippen LogP contribution is 2.33. The summed E-state index contributed by atoms with van der Waals surface area (Å²) in [6.07, 6.45) is 5.09. The molecule has 8 nitrogen and oxygen atoms in total. The molecule has 0 saturated carbocycles. The molecule has 2 aromatic carbocycles. The first-order valence-electron chi connectivity index (χ1n) is 12.5. The number of fused-ring (bicyclic) bond motifs is 1. The molecule has 0 unspecified atom stereocenters. The number of aromatic nitrogens is 2. The molecule has 1 aromatic heterocycles. The predicted molar refractivity (Wildman–Crippen MR) is 135 cm³/mol. The molecule has 9 heteroatoms. The van der Waals surface area contributed by atoms with Gasteiger partial charge in [0.2, 0.25) is 5.91 Å². The zero-order valence-electron chi connectivity index (χ0n) is 20.9. The molecule has 2 N–H and O–H groups in total. The number of hydrogen-bond acceptors (Lipinski definition) is 6. The van der Waals surface area contributed by atoms with Crippen molar-refractivity contribution in [2.75, 3.05) is 13.2 Å². The van der Waals surface area contributed by atoms with Gasteiger partial charge in [-0.05, 0) is 61.7 Å². The average molecular weight is 510 g/mol. The van der Waals surface area contributed by atoms with E-state index in [9.17, 15) is 19.1 Å². The van der Waals surface area contributed by atoms with Gasteiger partial charge in [-0.1, -0.05) is 12.5 Å². The van der Waals surface area contributed by atoms with E-state index in [4.69, 9.17) is 9.47 Å². The summed E-state index contributed by atoms with van der Waals surface area (Å²) in [5.74, 6) is 1.39. The van der Waals surface area contributed by atoms with Gasteiger partial charge in [-0.2, -0.15) is 0 Å². The first-order valence-corrected chi connectivity index (χ1v) is 12.5. The number of benzene rings is 2. The van der Waals surface area contributed by atoms with Crippen molar-refractivity contribution in [2.45, 2.75) is 57.7 Å². The topological polar surface area (TPSA) is 103 Å². The van der Waals surface area contributed by atoms with Crippen LogP contribution in [0.15, 0.2) is 54.9 Å². The molecule has 0 fully saturated rings. The van der Waals surface area contributed by atoms with Crippen molar-refractivity contribution in [1.82, 2.24) is 14.9 Å². The summed E-state index contributed by atoms with van der Waals surface area (Å²) in [6, 6.07) is 10.2. The van der Waals surface area contributed by atoms with Crippen LogP contribution in [-0.2, 0) is 11.3 Å². The van der Waals surface area contributed by atoms with E-state index < -0.39 is 12.1 Å². The summed E-state index contributed by atoms with van der Waals surface area (Å²) < 4.78 is 26.1. The van der Waals surface area contributed by atoms with E-state index in [0.29, 0.717) is 68.1 Å². The molecule has 0 aliphatic carbocycles. The van der Waals surface area contributed by atoms with Crippen molar-refractivity contribution in [3.05, 3.63) is 77.6 Å². The number of ketones is 1. The fraction of sp³-hybridized carbons (Fsp3) is 0.393. The standard InChI is InChI=1S/C28H32FN3O5/c1-19-30-13-14-32(19)18-23(28(35)21-9-12-25-26(17-21)37-16-15-36-25)31-27(34)6-4-2-3-5-24(33)20-7-10-22(29)11-8-20/h7-14,17,23,28,35H,2-6,15-16,18H2,1H3,(H,31,34)/t23-,28+/m1/s1. The van der Waals surface area contributed by atoms with Gasteiger partial charge in [0.05, 0.1) is 6.04 Å². The summed E-state index contributed by atoms with van der Waals surface area (Å²) >= 11 is 0. The van der Waals surface area contributed by atoms with Crippen molar-refractivity contribution in [3.8, 4) is 11.5 Å². The van der Waals surface area contributed by atoms with Crippen LogP contribution in [0.2, 0.25) is 0 Å². The molecule has 0 radical (unpaired) electrons. The lowest BCUT2D eigenvalue weighted by atomic mass is 10.0.